The Bertz CT molecular complexity index is 694. The number of anilines is 1. The van der Waals surface area contributed by atoms with Crippen molar-refractivity contribution in [2.75, 3.05) is 44.2 Å². The average Bonchev–Trinajstić information content (AvgIpc) is 3.25. The van der Waals surface area contributed by atoms with E-state index < -0.39 is 0 Å². The van der Waals surface area contributed by atoms with Crippen molar-refractivity contribution in [3.05, 3.63) is 29.3 Å². The standard InChI is InChI=1S/C20H26ClN3O2/c21-16-4-3-5-17(14-16)24-13-8-20(19(24)26)6-11-23(12-7-20)18(25)15-22-9-1-2-10-22/h3-5,14H,1-2,6-13,15H2. The average molecular weight is 376 g/mol. The molecule has 0 N–H and O–H groups in total. The fourth-order valence-electron chi connectivity index (χ4n) is 4.59. The predicted molar refractivity (Wildman–Crippen MR) is 102 cm³/mol. The molecule has 0 radical (unpaired) electrons. The Morgan fingerprint density at radius 1 is 1.04 bits per heavy atom. The highest BCUT2D eigenvalue weighted by atomic mass is 35.5. The van der Waals surface area contributed by atoms with Crippen molar-refractivity contribution < 1.29 is 9.59 Å². The predicted octanol–water partition coefficient (Wildman–Crippen LogP) is 2.78. The molecule has 1 aromatic carbocycles. The van der Waals surface area contributed by atoms with Crippen molar-refractivity contribution in [1.82, 2.24) is 9.80 Å². The third kappa shape index (κ3) is 3.35. The van der Waals surface area contributed by atoms with Gasteiger partial charge in [0.05, 0.1) is 12.0 Å². The van der Waals surface area contributed by atoms with Gasteiger partial charge in [0, 0.05) is 30.3 Å². The smallest absolute Gasteiger partial charge is 0.236 e. The van der Waals surface area contributed by atoms with Crippen LogP contribution in [-0.2, 0) is 9.59 Å². The minimum Gasteiger partial charge on any atom is -0.342 e. The van der Waals surface area contributed by atoms with Gasteiger partial charge in [-0.25, -0.2) is 0 Å². The number of amides is 2. The van der Waals surface area contributed by atoms with Gasteiger partial charge in [-0.1, -0.05) is 17.7 Å². The van der Waals surface area contributed by atoms with Gasteiger partial charge in [-0.3, -0.25) is 14.5 Å². The molecule has 4 rings (SSSR count). The quantitative estimate of drug-likeness (QED) is 0.816. The Morgan fingerprint density at radius 3 is 2.42 bits per heavy atom. The molecule has 140 valence electrons. The summed E-state index contributed by atoms with van der Waals surface area (Å²) in [5, 5.41) is 0.651. The molecule has 6 heteroatoms. The largest absolute Gasteiger partial charge is 0.342 e. The molecule has 3 heterocycles. The van der Waals surface area contributed by atoms with Crippen LogP contribution in [0.2, 0.25) is 5.02 Å². The van der Waals surface area contributed by atoms with E-state index in [1.165, 1.54) is 12.8 Å². The van der Waals surface area contributed by atoms with Gasteiger partial charge >= 0.3 is 0 Å². The number of hydrogen-bond acceptors (Lipinski definition) is 3. The normalized spacial score (nSPS) is 23.2. The maximum atomic E-state index is 13.1. The fourth-order valence-corrected chi connectivity index (χ4v) is 4.78. The van der Waals surface area contributed by atoms with Crippen LogP contribution >= 0.6 is 11.6 Å². The van der Waals surface area contributed by atoms with Crippen LogP contribution in [0.4, 0.5) is 5.69 Å². The number of hydrogen-bond donors (Lipinski definition) is 0. The first-order valence-electron chi connectivity index (χ1n) is 9.65. The van der Waals surface area contributed by atoms with E-state index in [1.807, 2.05) is 34.1 Å². The van der Waals surface area contributed by atoms with Crippen LogP contribution in [0.5, 0.6) is 0 Å². The van der Waals surface area contributed by atoms with Crippen LogP contribution in [0.1, 0.15) is 32.1 Å². The Kier molecular flexibility index (Phi) is 4.93. The highest BCUT2D eigenvalue weighted by Crippen LogP contribution is 2.43. The summed E-state index contributed by atoms with van der Waals surface area (Å²) in [4.78, 5) is 31.7. The number of halogens is 1. The van der Waals surface area contributed by atoms with Crippen molar-refractivity contribution >= 4 is 29.1 Å². The first-order chi connectivity index (χ1) is 12.6. The zero-order valence-corrected chi connectivity index (χ0v) is 15.9. The Morgan fingerprint density at radius 2 is 1.73 bits per heavy atom. The summed E-state index contributed by atoms with van der Waals surface area (Å²) in [7, 11) is 0. The number of rotatable bonds is 3. The van der Waals surface area contributed by atoms with Gasteiger partial charge in [-0.05, 0) is 63.4 Å². The molecule has 0 atom stereocenters. The van der Waals surface area contributed by atoms with Crippen LogP contribution in [0, 0.1) is 5.41 Å². The van der Waals surface area contributed by atoms with Gasteiger partial charge < -0.3 is 9.80 Å². The highest BCUT2D eigenvalue weighted by molar-refractivity contribution is 6.31. The molecule has 3 fully saturated rings. The topological polar surface area (TPSA) is 43.9 Å². The lowest BCUT2D eigenvalue weighted by Crippen LogP contribution is -2.49. The first kappa shape index (κ1) is 17.8. The van der Waals surface area contributed by atoms with Crippen molar-refractivity contribution in [3.63, 3.8) is 0 Å². The Labute approximate surface area is 159 Å². The molecular weight excluding hydrogens is 350 g/mol. The molecule has 3 saturated heterocycles. The van der Waals surface area contributed by atoms with Gasteiger partial charge in [0.2, 0.25) is 11.8 Å². The van der Waals surface area contributed by atoms with Gasteiger partial charge in [0.25, 0.3) is 0 Å². The lowest BCUT2D eigenvalue weighted by atomic mass is 9.77. The number of nitrogens with zero attached hydrogens (tertiary/aromatic N) is 3. The van der Waals surface area contributed by atoms with E-state index in [9.17, 15) is 9.59 Å². The number of piperidine rings is 1. The van der Waals surface area contributed by atoms with E-state index >= 15 is 0 Å². The summed E-state index contributed by atoms with van der Waals surface area (Å²) < 4.78 is 0. The first-order valence-corrected chi connectivity index (χ1v) is 10.0. The second kappa shape index (κ2) is 7.20. The third-order valence-corrected chi connectivity index (χ3v) is 6.50. The SMILES string of the molecule is O=C(CN1CCCC1)N1CCC2(CC1)CCN(c1cccc(Cl)c1)C2=O. The molecule has 0 unspecified atom stereocenters. The van der Waals surface area contributed by atoms with E-state index in [0.29, 0.717) is 24.7 Å². The van der Waals surface area contributed by atoms with Crippen molar-refractivity contribution in [3.8, 4) is 0 Å². The van der Waals surface area contributed by atoms with Gasteiger partial charge in [-0.2, -0.15) is 0 Å². The number of benzene rings is 1. The second-order valence-corrected chi connectivity index (χ2v) is 8.27. The van der Waals surface area contributed by atoms with E-state index in [1.54, 1.807) is 0 Å². The molecule has 2 amide bonds. The van der Waals surface area contributed by atoms with Gasteiger partial charge in [0.15, 0.2) is 0 Å². The van der Waals surface area contributed by atoms with Crippen molar-refractivity contribution in [2.45, 2.75) is 32.1 Å². The number of likely N-dealkylation sites (tertiary alicyclic amines) is 2. The Hall–Kier alpha value is -1.59. The lowest BCUT2D eigenvalue weighted by molar-refractivity contribution is -0.138. The molecule has 0 saturated carbocycles. The third-order valence-electron chi connectivity index (χ3n) is 6.26. The summed E-state index contributed by atoms with van der Waals surface area (Å²) in [6.07, 6.45) is 4.81. The van der Waals surface area contributed by atoms with E-state index in [2.05, 4.69) is 4.90 Å². The van der Waals surface area contributed by atoms with Gasteiger partial charge in [-0.15, -0.1) is 0 Å². The van der Waals surface area contributed by atoms with Crippen molar-refractivity contribution in [2.24, 2.45) is 5.41 Å². The fraction of sp³-hybridized carbons (Fsp3) is 0.600. The van der Waals surface area contributed by atoms with Crippen LogP contribution in [-0.4, -0.2) is 60.9 Å². The maximum Gasteiger partial charge on any atom is 0.236 e. The monoisotopic (exact) mass is 375 g/mol. The molecule has 1 aromatic rings. The molecule has 5 nitrogen and oxygen atoms in total. The van der Waals surface area contributed by atoms with Crippen LogP contribution in [0.15, 0.2) is 24.3 Å². The van der Waals surface area contributed by atoms with Crippen LogP contribution in [0.3, 0.4) is 0 Å². The minimum absolute atomic E-state index is 0.200. The van der Waals surface area contributed by atoms with E-state index in [-0.39, 0.29) is 17.2 Å². The molecule has 0 aromatic heterocycles. The molecule has 26 heavy (non-hydrogen) atoms. The van der Waals surface area contributed by atoms with Crippen LogP contribution in [0.25, 0.3) is 0 Å². The minimum atomic E-state index is -0.299. The summed E-state index contributed by atoms with van der Waals surface area (Å²) in [6.45, 7) is 4.74. The summed E-state index contributed by atoms with van der Waals surface area (Å²) in [6, 6.07) is 7.51. The molecule has 1 spiro atoms. The zero-order valence-electron chi connectivity index (χ0n) is 15.1. The Balaban J connectivity index is 1.37. The second-order valence-electron chi connectivity index (χ2n) is 7.83. The lowest BCUT2D eigenvalue weighted by Gasteiger charge is -2.38. The van der Waals surface area contributed by atoms with E-state index in [0.717, 1.165) is 44.6 Å². The van der Waals surface area contributed by atoms with E-state index in [4.69, 9.17) is 11.6 Å². The highest BCUT2D eigenvalue weighted by Gasteiger charge is 2.49. The van der Waals surface area contributed by atoms with Crippen LogP contribution < -0.4 is 4.90 Å². The summed E-state index contributed by atoms with van der Waals surface area (Å²) in [5.74, 6) is 0.422. The van der Waals surface area contributed by atoms with Gasteiger partial charge in [0.1, 0.15) is 0 Å². The molecule has 3 aliphatic heterocycles. The zero-order chi connectivity index (χ0) is 18.1. The van der Waals surface area contributed by atoms with Crippen molar-refractivity contribution in [1.29, 1.82) is 0 Å². The summed E-state index contributed by atoms with van der Waals surface area (Å²) in [5.41, 5.74) is 0.583. The number of carbonyl (C=O) groups is 2. The molecule has 0 aliphatic carbocycles. The summed E-state index contributed by atoms with van der Waals surface area (Å²) >= 11 is 6.09. The molecular formula is C20H26ClN3O2. The maximum absolute atomic E-state index is 13.1. The molecule has 3 aliphatic rings. The molecule has 0 bridgehead atoms. The number of carbonyl (C=O) groups excluding carboxylic acids is 2.